The van der Waals surface area contributed by atoms with Crippen molar-refractivity contribution in [2.45, 2.75) is 18.5 Å². The number of aromatic nitrogens is 3. The predicted octanol–water partition coefficient (Wildman–Crippen LogP) is 4.26. The lowest BCUT2D eigenvalue weighted by atomic mass is 10.1. The molecule has 27 heavy (non-hydrogen) atoms. The molecule has 0 aliphatic rings. The minimum absolute atomic E-state index is 0.0599. The van der Waals surface area contributed by atoms with Crippen molar-refractivity contribution in [3.05, 3.63) is 64.2 Å². The molecule has 0 radical (unpaired) electrons. The van der Waals surface area contributed by atoms with Gasteiger partial charge >= 0.3 is 0 Å². The fraction of sp³-hybridized carbons (Fsp3) is 0.263. The Balaban J connectivity index is 1.48. The number of non-ortho nitro benzene ring substituents is 1. The van der Waals surface area contributed by atoms with E-state index < -0.39 is 4.92 Å². The van der Waals surface area contributed by atoms with E-state index in [9.17, 15) is 10.1 Å². The lowest BCUT2D eigenvalue weighted by Gasteiger charge is -2.07. The Labute approximate surface area is 161 Å². The van der Waals surface area contributed by atoms with Gasteiger partial charge in [0.15, 0.2) is 11.0 Å². The summed E-state index contributed by atoms with van der Waals surface area (Å²) in [5, 5.41) is 20.1. The van der Waals surface area contributed by atoms with Crippen LogP contribution in [0.15, 0.2) is 53.7 Å². The quantitative estimate of drug-likeness (QED) is 0.250. The van der Waals surface area contributed by atoms with E-state index in [4.69, 9.17) is 4.74 Å². The van der Waals surface area contributed by atoms with Crippen LogP contribution < -0.4 is 4.74 Å². The summed E-state index contributed by atoms with van der Waals surface area (Å²) in [6.45, 7) is 2.60. The van der Waals surface area contributed by atoms with Crippen LogP contribution in [0.1, 0.15) is 12.0 Å². The molecule has 0 atom stereocenters. The van der Waals surface area contributed by atoms with Crippen LogP contribution in [-0.2, 0) is 7.05 Å². The van der Waals surface area contributed by atoms with Crippen molar-refractivity contribution < 1.29 is 9.66 Å². The fourth-order valence-electron chi connectivity index (χ4n) is 2.58. The van der Waals surface area contributed by atoms with E-state index in [0.717, 1.165) is 28.7 Å². The van der Waals surface area contributed by atoms with Crippen molar-refractivity contribution in [3.8, 4) is 17.1 Å². The minimum Gasteiger partial charge on any atom is -0.494 e. The molecule has 0 saturated carbocycles. The number of nitro groups is 1. The predicted molar refractivity (Wildman–Crippen MR) is 105 cm³/mol. The monoisotopic (exact) mass is 384 g/mol. The number of rotatable bonds is 8. The summed E-state index contributed by atoms with van der Waals surface area (Å²) in [6, 6.07) is 14.2. The van der Waals surface area contributed by atoms with Crippen molar-refractivity contribution in [2.75, 3.05) is 12.4 Å². The Morgan fingerprint density at radius 2 is 1.89 bits per heavy atom. The molecular weight excluding hydrogens is 364 g/mol. The molecule has 0 aliphatic carbocycles. The molecule has 0 fully saturated rings. The number of hydrogen-bond acceptors (Lipinski definition) is 6. The highest BCUT2D eigenvalue weighted by molar-refractivity contribution is 7.99. The van der Waals surface area contributed by atoms with Gasteiger partial charge in [0.05, 0.1) is 11.5 Å². The van der Waals surface area contributed by atoms with E-state index in [-0.39, 0.29) is 5.69 Å². The topological polar surface area (TPSA) is 83.1 Å². The smallest absolute Gasteiger partial charge is 0.269 e. The molecule has 8 heteroatoms. The lowest BCUT2D eigenvalue weighted by Crippen LogP contribution is -2.00. The second-order valence-electron chi connectivity index (χ2n) is 5.98. The number of aryl methyl sites for hydroxylation is 1. The van der Waals surface area contributed by atoms with Crippen molar-refractivity contribution in [1.82, 2.24) is 14.8 Å². The Bertz CT molecular complexity index is 925. The molecule has 0 saturated heterocycles. The normalized spacial score (nSPS) is 10.7. The fourth-order valence-corrected chi connectivity index (χ4v) is 3.40. The molecule has 0 N–H and O–H groups in total. The van der Waals surface area contributed by atoms with E-state index in [1.54, 1.807) is 23.9 Å². The zero-order chi connectivity index (χ0) is 19.2. The molecule has 1 heterocycles. The van der Waals surface area contributed by atoms with Gasteiger partial charge in [-0.3, -0.25) is 10.1 Å². The van der Waals surface area contributed by atoms with Crippen LogP contribution in [0.5, 0.6) is 5.75 Å². The van der Waals surface area contributed by atoms with Gasteiger partial charge in [-0.05, 0) is 31.0 Å². The van der Waals surface area contributed by atoms with Crippen molar-refractivity contribution in [1.29, 1.82) is 0 Å². The Hall–Kier alpha value is -2.87. The van der Waals surface area contributed by atoms with Crippen LogP contribution >= 0.6 is 11.8 Å². The maximum absolute atomic E-state index is 10.6. The van der Waals surface area contributed by atoms with Crippen LogP contribution in [0.3, 0.4) is 0 Å². The van der Waals surface area contributed by atoms with Gasteiger partial charge in [-0.15, -0.1) is 10.2 Å². The van der Waals surface area contributed by atoms with Gasteiger partial charge in [0.25, 0.3) is 5.69 Å². The van der Waals surface area contributed by atoms with Crippen LogP contribution in [0.4, 0.5) is 5.69 Å². The highest BCUT2D eigenvalue weighted by Crippen LogP contribution is 2.25. The van der Waals surface area contributed by atoms with Gasteiger partial charge in [0, 0.05) is 30.5 Å². The Morgan fingerprint density at radius 3 is 2.59 bits per heavy atom. The molecule has 2 aromatic carbocycles. The van der Waals surface area contributed by atoms with E-state index in [2.05, 4.69) is 23.2 Å². The number of nitrogens with zero attached hydrogens (tertiary/aromatic N) is 4. The highest BCUT2D eigenvalue weighted by atomic mass is 32.2. The Kier molecular flexibility index (Phi) is 6.08. The summed E-state index contributed by atoms with van der Waals surface area (Å²) < 4.78 is 7.62. The van der Waals surface area contributed by atoms with Gasteiger partial charge < -0.3 is 9.30 Å². The van der Waals surface area contributed by atoms with Crippen LogP contribution in [0, 0.1) is 17.0 Å². The van der Waals surface area contributed by atoms with Gasteiger partial charge in [-0.25, -0.2) is 0 Å². The largest absolute Gasteiger partial charge is 0.494 e. The standard InChI is InChI=1S/C19H20N4O3S/c1-14-6-3-4-7-17(14)18-20-21-19(22(18)2)27-13-5-12-26-16-10-8-15(9-11-16)23(24)25/h3-4,6-11H,5,12-13H2,1-2H3. The third kappa shape index (κ3) is 4.65. The van der Waals surface area contributed by atoms with Gasteiger partial charge in [-0.2, -0.15) is 0 Å². The molecular formula is C19H20N4O3S. The summed E-state index contributed by atoms with van der Waals surface area (Å²) >= 11 is 1.63. The maximum atomic E-state index is 10.6. The average molecular weight is 384 g/mol. The first kappa shape index (κ1) is 18.9. The molecule has 7 nitrogen and oxygen atoms in total. The molecule has 0 aliphatic heterocycles. The van der Waals surface area contributed by atoms with E-state index in [1.165, 1.54) is 17.7 Å². The zero-order valence-electron chi connectivity index (χ0n) is 15.2. The molecule has 0 bridgehead atoms. The first-order chi connectivity index (χ1) is 13.1. The number of nitro benzene ring substituents is 1. The zero-order valence-corrected chi connectivity index (χ0v) is 16.0. The number of ether oxygens (including phenoxy) is 1. The molecule has 3 rings (SSSR count). The average Bonchev–Trinajstić information content (AvgIpc) is 3.03. The molecule has 140 valence electrons. The van der Waals surface area contributed by atoms with Gasteiger partial charge in [0.1, 0.15) is 5.75 Å². The van der Waals surface area contributed by atoms with E-state index >= 15 is 0 Å². The van der Waals surface area contributed by atoms with Crippen molar-refractivity contribution in [3.63, 3.8) is 0 Å². The third-order valence-corrected chi connectivity index (χ3v) is 5.16. The van der Waals surface area contributed by atoms with E-state index in [0.29, 0.717) is 12.4 Å². The third-order valence-electron chi connectivity index (χ3n) is 4.06. The number of hydrogen-bond donors (Lipinski definition) is 0. The molecule has 3 aromatic rings. The summed E-state index contributed by atoms with van der Waals surface area (Å²) in [5.41, 5.74) is 2.31. The summed E-state index contributed by atoms with van der Waals surface area (Å²) in [6.07, 6.45) is 0.828. The highest BCUT2D eigenvalue weighted by Gasteiger charge is 2.12. The summed E-state index contributed by atoms with van der Waals surface area (Å²) in [5.74, 6) is 2.33. The van der Waals surface area contributed by atoms with Crippen molar-refractivity contribution >= 4 is 17.4 Å². The molecule has 0 unspecified atom stereocenters. The summed E-state index contributed by atoms with van der Waals surface area (Å²) in [4.78, 5) is 10.2. The van der Waals surface area contributed by atoms with Crippen molar-refractivity contribution in [2.24, 2.45) is 7.05 Å². The summed E-state index contributed by atoms with van der Waals surface area (Å²) in [7, 11) is 1.97. The van der Waals surface area contributed by atoms with Crippen LogP contribution in [0.2, 0.25) is 0 Å². The molecule has 0 amide bonds. The molecule has 0 spiro atoms. The SMILES string of the molecule is Cc1ccccc1-c1nnc(SCCCOc2ccc([N+](=O)[O-])cc2)n1C. The minimum atomic E-state index is -0.424. The first-order valence-electron chi connectivity index (χ1n) is 8.51. The number of thioether (sulfide) groups is 1. The Morgan fingerprint density at radius 1 is 1.15 bits per heavy atom. The lowest BCUT2D eigenvalue weighted by molar-refractivity contribution is -0.384. The van der Waals surface area contributed by atoms with Crippen LogP contribution in [-0.4, -0.2) is 32.0 Å². The number of benzene rings is 2. The second kappa shape index (κ2) is 8.68. The van der Waals surface area contributed by atoms with Gasteiger partial charge in [-0.1, -0.05) is 36.0 Å². The maximum Gasteiger partial charge on any atom is 0.269 e. The molecule has 1 aromatic heterocycles. The first-order valence-corrected chi connectivity index (χ1v) is 9.50. The van der Waals surface area contributed by atoms with Gasteiger partial charge in [0.2, 0.25) is 0 Å². The second-order valence-corrected chi connectivity index (χ2v) is 7.04. The van der Waals surface area contributed by atoms with E-state index in [1.807, 2.05) is 29.8 Å². The van der Waals surface area contributed by atoms with Crippen LogP contribution in [0.25, 0.3) is 11.4 Å².